The van der Waals surface area contributed by atoms with Crippen LogP contribution in [0.15, 0.2) is 42.5 Å². The van der Waals surface area contributed by atoms with Gasteiger partial charge in [0.2, 0.25) is 5.91 Å². The molecule has 1 saturated heterocycles. The molecule has 30 heavy (non-hydrogen) atoms. The lowest BCUT2D eigenvalue weighted by atomic mass is 10.1. The number of nitrogens with zero attached hydrogens (tertiary/aromatic N) is 2. The number of carbonyl (C=O) groups is 3. The Morgan fingerprint density at radius 2 is 1.67 bits per heavy atom. The van der Waals surface area contributed by atoms with Crippen LogP contribution in [0.5, 0.6) is 11.5 Å². The second-order valence-electron chi connectivity index (χ2n) is 6.82. The van der Waals surface area contributed by atoms with Gasteiger partial charge in [-0.1, -0.05) is 19.1 Å². The zero-order valence-corrected chi connectivity index (χ0v) is 17.3. The van der Waals surface area contributed by atoms with Gasteiger partial charge >= 0.3 is 11.8 Å². The molecule has 3 amide bonds. The van der Waals surface area contributed by atoms with Crippen molar-refractivity contribution in [1.82, 2.24) is 4.90 Å². The fraction of sp³-hybridized carbons (Fsp3) is 0.318. The number of carbonyl (C=O) groups excluding carboxylic acids is 3. The summed E-state index contributed by atoms with van der Waals surface area (Å²) in [5.74, 6) is -0.755. The summed E-state index contributed by atoms with van der Waals surface area (Å²) in [5.41, 5.74) is 2.35. The number of piperazine rings is 1. The first-order valence-electron chi connectivity index (χ1n) is 9.68. The molecule has 1 fully saturated rings. The molecule has 1 heterocycles. The summed E-state index contributed by atoms with van der Waals surface area (Å²) in [4.78, 5) is 40.2. The van der Waals surface area contributed by atoms with E-state index >= 15 is 0 Å². The maximum atomic E-state index is 12.6. The average molecular weight is 411 g/mol. The highest BCUT2D eigenvalue weighted by molar-refractivity contribution is 6.41. The van der Waals surface area contributed by atoms with Crippen molar-refractivity contribution in [2.24, 2.45) is 0 Å². The Hall–Kier alpha value is -3.55. The average Bonchev–Trinajstić information content (AvgIpc) is 2.77. The summed E-state index contributed by atoms with van der Waals surface area (Å²) in [7, 11) is 3.02. The molecule has 2 aromatic rings. The van der Waals surface area contributed by atoms with Crippen LogP contribution >= 0.6 is 0 Å². The molecule has 1 aliphatic rings. The Labute approximate surface area is 175 Å². The summed E-state index contributed by atoms with van der Waals surface area (Å²) in [6.07, 6.45) is 0.912. The fourth-order valence-electron chi connectivity index (χ4n) is 3.26. The number of methoxy groups -OCH3 is 2. The van der Waals surface area contributed by atoms with Crippen molar-refractivity contribution in [2.75, 3.05) is 44.1 Å². The Kier molecular flexibility index (Phi) is 6.56. The van der Waals surface area contributed by atoms with Crippen LogP contribution in [0.2, 0.25) is 0 Å². The van der Waals surface area contributed by atoms with E-state index in [1.165, 1.54) is 29.6 Å². The van der Waals surface area contributed by atoms with Crippen molar-refractivity contribution >= 4 is 29.1 Å². The maximum Gasteiger partial charge on any atom is 0.316 e. The van der Waals surface area contributed by atoms with E-state index in [9.17, 15) is 14.4 Å². The fourth-order valence-corrected chi connectivity index (χ4v) is 3.26. The number of benzene rings is 2. The lowest BCUT2D eigenvalue weighted by molar-refractivity contribution is -0.147. The second-order valence-corrected chi connectivity index (χ2v) is 6.82. The topological polar surface area (TPSA) is 88.2 Å². The Bertz CT molecular complexity index is 942. The zero-order valence-electron chi connectivity index (χ0n) is 17.3. The summed E-state index contributed by atoms with van der Waals surface area (Å²) >= 11 is 0. The third-order valence-electron chi connectivity index (χ3n) is 4.97. The van der Waals surface area contributed by atoms with Crippen molar-refractivity contribution in [1.29, 1.82) is 0 Å². The van der Waals surface area contributed by atoms with Crippen molar-refractivity contribution < 1.29 is 23.9 Å². The number of ether oxygens (including phenoxy) is 2. The van der Waals surface area contributed by atoms with Crippen LogP contribution in [0, 0.1) is 0 Å². The summed E-state index contributed by atoms with van der Waals surface area (Å²) in [5, 5.41) is 2.76. The number of nitrogens with one attached hydrogen (secondary N) is 1. The molecule has 0 aliphatic carbocycles. The molecule has 1 N–H and O–H groups in total. The number of rotatable bonds is 7. The zero-order chi connectivity index (χ0) is 21.7. The minimum Gasteiger partial charge on any atom is -0.493 e. The Morgan fingerprint density at radius 3 is 2.30 bits per heavy atom. The van der Waals surface area contributed by atoms with Gasteiger partial charge in [0.05, 0.1) is 14.2 Å². The molecule has 0 bridgehead atoms. The van der Waals surface area contributed by atoms with E-state index in [-0.39, 0.29) is 25.5 Å². The minimum absolute atomic E-state index is 0.181. The maximum absolute atomic E-state index is 12.6. The van der Waals surface area contributed by atoms with Crippen LogP contribution in [-0.2, 0) is 20.8 Å². The molecule has 2 aromatic carbocycles. The first-order chi connectivity index (χ1) is 14.5. The van der Waals surface area contributed by atoms with Gasteiger partial charge in [0.25, 0.3) is 0 Å². The number of hydrogen-bond donors (Lipinski definition) is 1. The van der Waals surface area contributed by atoms with Crippen LogP contribution in [0.1, 0.15) is 12.5 Å². The van der Waals surface area contributed by atoms with Crippen LogP contribution in [0.25, 0.3) is 0 Å². The molecule has 8 heteroatoms. The highest BCUT2D eigenvalue weighted by atomic mass is 16.5. The monoisotopic (exact) mass is 411 g/mol. The van der Waals surface area contributed by atoms with E-state index in [0.29, 0.717) is 22.9 Å². The Morgan fingerprint density at radius 1 is 0.967 bits per heavy atom. The van der Waals surface area contributed by atoms with E-state index in [1.54, 1.807) is 18.2 Å². The minimum atomic E-state index is -0.715. The molecular formula is C22H25N3O5. The molecule has 0 atom stereocenters. The molecule has 0 radical (unpaired) electrons. The number of anilines is 2. The first-order valence-corrected chi connectivity index (χ1v) is 9.68. The SMILES string of the molecule is CCc1ccc(NC(=O)CN2CCN(c3ccc(OC)c(OC)c3)C(=O)C2=O)cc1. The van der Waals surface area contributed by atoms with Crippen LogP contribution < -0.4 is 19.7 Å². The van der Waals surface area contributed by atoms with Crippen molar-refractivity contribution in [3.63, 3.8) is 0 Å². The molecule has 8 nitrogen and oxygen atoms in total. The van der Waals surface area contributed by atoms with Crippen LogP contribution in [0.4, 0.5) is 11.4 Å². The van der Waals surface area contributed by atoms with Crippen molar-refractivity contribution in [3.05, 3.63) is 48.0 Å². The van der Waals surface area contributed by atoms with E-state index in [4.69, 9.17) is 9.47 Å². The molecule has 0 aromatic heterocycles. The second kappa shape index (κ2) is 9.30. The van der Waals surface area contributed by atoms with Gasteiger partial charge in [-0.05, 0) is 36.2 Å². The lowest BCUT2D eigenvalue weighted by Crippen LogP contribution is -2.56. The standard InChI is InChI=1S/C22H25N3O5/c1-4-15-5-7-16(8-6-15)23-20(26)14-24-11-12-25(22(28)21(24)27)17-9-10-18(29-2)19(13-17)30-3/h5-10,13H,4,11-12,14H2,1-3H3,(H,23,26). The van der Waals surface area contributed by atoms with Gasteiger partial charge in [0, 0.05) is 30.5 Å². The number of amides is 3. The largest absolute Gasteiger partial charge is 0.493 e. The predicted molar refractivity (Wildman–Crippen MR) is 113 cm³/mol. The van der Waals surface area contributed by atoms with Crippen molar-refractivity contribution in [2.45, 2.75) is 13.3 Å². The van der Waals surface area contributed by atoms with Crippen molar-refractivity contribution in [3.8, 4) is 11.5 Å². The third kappa shape index (κ3) is 4.53. The van der Waals surface area contributed by atoms with Gasteiger partial charge in [-0.25, -0.2) is 0 Å². The highest BCUT2D eigenvalue weighted by Gasteiger charge is 2.34. The van der Waals surface area contributed by atoms with Gasteiger partial charge < -0.3 is 24.6 Å². The molecule has 0 unspecified atom stereocenters. The third-order valence-corrected chi connectivity index (χ3v) is 4.97. The van der Waals surface area contributed by atoms with Gasteiger partial charge in [-0.2, -0.15) is 0 Å². The van der Waals surface area contributed by atoms with Gasteiger partial charge in [0.15, 0.2) is 11.5 Å². The normalized spacial score (nSPS) is 14.0. The first kappa shape index (κ1) is 21.2. The molecule has 1 aliphatic heterocycles. The molecular weight excluding hydrogens is 386 g/mol. The number of aryl methyl sites for hydroxylation is 1. The summed E-state index contributed by atoms with van der Waals surface area (Å²) < 4.78 is 10.5. The quantitative estimate of drug-likeness (QED) is 0.705. The van der Waals surface area contributed by atoms with Crippen LogP contribution in [0.3, 0.4) is 0 Å². The predicted octanol–water partition coefficient (Wildman–Crippen LogP) is 2.08. The van der Waals surface area contributed by atoms with Gasteiger partial charge in [0.1, 0.15) is 6.54 Å². The summed E-state index contributed by atoms with van der Waals surface area (Å²) in [6.45, 7) is 2.40. The molecule has 0 saturated carbocycles. The smallest absolute Gasteiger partial charge is 0.316 e. The van der Waals surface area contributed by atoms with Crippen LogP contribution in [-0.4, -0.2) is 56.5 Å². The van der Waals surface area contributed by atoms with E-state index in [1.807, 2.05) is 24.3 Å². The van der Waals surface area contributed by atoms with Gasteiger partial charge in [-0.15, -0.1) is 0 Å². The lowest BCUT2D eigenvalue weighted by Gasteiger charge is -2.33. The molecule has 158 valence electrons. The molecule has 0 spiro atoms. The van der Waals surface area contributed by atoms with E-state index < -0.39 is 11.8 Å². The van der Waals surface area contributed by atoms with Gasteiger partial charge in [-0.3, -0.25) is 14.4 Å². The summed E-state index contributed by atoms with van der Waals surface area (Å²) in [6, 6.07) is 12.5. The van der Waals surface area contributed by atoms with E-state index in [0.717, 1.165) is 6.42 Å². The Balaban J connectivity index is 1.63. The highest BCUT2D eigenvalue weighted by Crippen LogP contribution is 2.32. The van der Waals surface area contributed by atoms with E-state index in [2.05, 4.69) is 12.2 Å². The number of hydrogen-bond acceptors (Lipinski definition) is 5. The molecule has 3 rings (SSSR count).